The Kier molecular flexibility index (Phi) is 8.80. The van der Waals surface area contributed by atoms with Crippen LogP contribution < -0.4 is 0 Å². The van der Waals surface area contributed by atoms with E-state index in [0.717, 1.165) is 34.2 Å². The lowest BCUT2D eigenvalue weighted by molar-refractivity contribution is 0.264. The van der Waals surface area contributed by atoms with E-state index in [9.17, 15) is 61.3 Å². The van der Waals surface area contributed by atoms with E-state index in [1.807, 2.05) is 60.7 Å². The second-order valence-electron chi connectivity index (χ2n) is 15.0. The smallest absolute Gasteiger partial charge is 0.205 e. The standard InChI is InChI=1S/C49H36O13/c1-20(50)33(42(54)47(59)40(52)21(2)51)23-16-15-22-18-30-32(19-24(22)17-23)62-31-14-8-13-29(35(30)31)34-25-9-4-3-5-10-27(25)36(28-12-7-6-11-26(28)34)37-41(53)38-39(44(56)43(37)55)46(58)49(61)48(60)45(38)57/h4-19,50-61H,3H2,1-2H3/b33-20+,40-21-,47-42-. The summed E-state index contributed by atoms with van der Waals surface area (Å²) in [7, 11) is 0. The Hall–Kier alpha value is -8.58. The third kappa shape index (κ3) is 5.55. The zero-order chi connectivity index (χ0) is 44.0. The molecule has 62 heavy (non-hydrogen) atoms. The normalized spacial score (nSPS) is 14.0. The van der Waals surface area contributed by atoms with Crippen molar-refractivity contribution in [2.75, 3.05) is 0 Å². The number of rotatable bonds is 5. The number of phenolic OH excluding ortho intramolecular Hbond substituents is 7. The van der Waals surface area contributed by atoms with Crippen molar-refractivity contribution in [3.8, 4) is 62.5 Å². The van der Waals surface area contributed by atoms with Crippen LogP contribution in [0.4, 0.5) is 0 Å². The average Bonchev–Trinajstić information content (AvgIpc) is 3.44. The molecule has 1 aliphatic carbocycles. The van der Waals surface area contributed by atoms with Crippen LogP contribution in [-0.4, -0.2) is 61.3 Å². The molecule has 1 aromatic heterocycles. The molecular formula is C49H36O13. The predicted molar refractivity (Wildman–Crippen MR) is 237 cm³/mol. The molecule has 310 valence electrons. The van der Waals surface area contributed by atoms with Crippen LogP contribution in [0.25, 0.3) is 94.2 Å². The first-order chi connectivity index (χ1) is 29.6. The van der Waals surface area contributed by atoms with E-state index in [1.165, 1.54) is 6.92 Å². The molecule has 0 saturated carbocycles. The van der Waals surface area contributed by atoms with Crippen molar-refractivity contribution in [3.63, 3.8) is 0 Å². The van der Waals surface area contributed by atoms with Gasteiger partial charge in [-0.3, -0.25) is 0 Å². The zero-order valence-corrected chi connectivity index (χ0v) is 32.7. The molecule has 0 spiro atoms. The molecule has 8 aromatic rings. The molecule has 0 radical (unpaired) electrons. The summed E-state index contributed by atoms with van der Waals surface area (Å²) in [5.41, 5.74) is 3.75. The highest BCUT2D eigenvalue weighted by atomic mass is 16.4. The van der Waals surface area contributed by atoms with Crippen molar-refractivity contribution in [1.29, 1.82) is 0 Å². The lowest BCUT2D eigenvalue weighted by Crippen LogP contribution is -2.02. The maximum Gasteiger partial charge on any atom is 0.205 e. The van der Waals surface area contributed by atoms with Gasteiger partial charge in [-0.1, -0.05) is 72.8 Å². The van der Waals surface area contributed by atoms with Gasteiger partial charge in [0.05, 0.1) is 21.9 Å². The number of hydrogen-bond acceptors (Lipinski definition) is 13. The number of aliphatic hydroxyl groups is 5. The first-order valence-electron chi connectivity index (χ1n) is 19.1. The molecule has 0 saturated heterocycles. The van der Waals surface area contributed by atoms with Gasteiger partial charge in [-0.2, -0.15) is 0 Å². The van der Waals surface area contributed by atoms with Gasteiger partial charge < -0.3 is 65.7 Å². The molecule has 0 bridgehead atoms. The van der Waals surface area contributed by atoms with Gasteiger partial charge in [0.1, 0.15) is 28.4 Å². The van der Waals surface area contributed by atoms with Crippen LogP contribution in [0.15, 0.2) is 118 Å². The number of phenols is 7. The molecule has 12 N–H and O–H groups in total. The maximum absolute atomic E-state index is 11.9. The molecule has 0 aliphatic heterocycles. The third-order valence-corrected chi connectivity index (χ3v) is 11.4. The lowest BCUT2D eigenvalue weighted by Gasteiger charge is -2.23. The summed E-state index contributed by atoms with van der Waals surface area (Å²) < 4.78 is 6.48. The Morgan fingerprint density at radius 2 is 1.08 bits per heavy atom. The van der Waals surface area contributed by atoms with E-state index in [-0.39, 0.29) is 28.0 Å². The minimum absolute atomic E-state index is 0.185. The van der Waals surface area contributed by atoms with Crippen molar-refractivity contribution in [1.82, 2.24) is 0 Å². The number of furan rings is 1. The lowest BCUT2D eigenvalue weighted by atomic mass is 9.81. The monoisotopic (exact) mass is 832 g/mol. The fourth-order valence-electron chi connectivity index (χ4n) is 8.56. The van der Waals surface area contributed by atoms with Gasteiger partial charge in [0.2, 0.25) is 17.3 Å². The topological polar surface area (TPSA) is 256 Å². The van der Waals surface area contributed by atoms with Crippen LogP contribution >= 0.6 is 0 Å². The van der Waals surface area contributed by atoms with E-state index in [0.29, 0.717) is 44.9 Å². The fourth-order valence-corrected chi connectivity index (χ4v) is 8.56. The van der Waals surface area contributed by atoms with E-state index in [4.69, 9.17) is 4.42 Å². The minimum Gasteiger partial charge on any atom is -0.512 e. The van der Waals surface area contributed by atoms with Crippen molar-refractivity contribution < 1.29 is 65.7 Å². The highest BCUT2D eigenvalue weighted by molar-refractivity contribution is 6.22. The molecular weight excluding hydrogens is 797 g/mol. The van der Waals surface area contributed by atoms with Crippen molar-refractivity contribution in [2.45, 2.75) is 20.3 Å². The van der Waals surface area contributed by atoms with Crippen molar-refractivity contribution >= 4 is 72.0 Å². The number of allylic oxidation sites excluding steroid dienone is 5. The summed E-state index contributed by atoms with van der Waals surface area (Å²) >= 11 is 0. The van der Waals surface area contributed by atoms with Crippen LogP contribution in [0.3, 0.4) is 0 Å². The molecule has 0 fully saturated rings. The quantitative estimate of drug-likeness (QED) is 0.0334. The average molecular weight is 833 g/mol. The highest BCUT2D eigenvalue weighted by Gasteiger charge is 2.32. The van der Waals surface area contributed by atoms with Crippen molar-refractivity contribution in [3.05, 3.63) is 130 Å². The van der Waals surface area contributed by atoms with Gasteiger partial charge >= 0.3 is 0 Å². The molecule has 9 rings (SSSR count). The van der Waals surface area contributed by atoms with Gasteiger partial charge in [0.15, 0.2) is 34.5 Å². The summed E-state index contributed by atoms with van der Waals surface area (Å²) in [6.07, 6.45) is 8.06. The van der Waals surface area contributed by atoms with Gasteiger partial charge in [-0.15, -0.1) is 0 Å². The van der Waals surface area contributed by atoms with Crippen LogP contribution in [0, 0.1) is 0 Å². The molecule has 0 amide bonds. The van der Waals surface area contributed by atoms with Gasteiger partial charge in [0.25, 0.3) is 0 Å². The Morgan fingerprint density at radius 1 is 0.468 bits per heavy atom. The molecule has 0 atom stereocenters. The Balaban J connectivity index is 1.32. The van der Waals surface area contributed by atoms with Crippen molar-refractivity contribution in [2.24, 2.45) is 0 Å². The summed E-state index contributed by atoms with van der Waals surface area (Å²) in [4.78, 5) is 0. The summed E-state index contributed by atoms with van der Waals surface area (Å²) in [6.45, 7) is 2.42. The molecule has 1 aliphatic rings. The molecule has 0 unspecified atom stereocenters. The summed E-state index contributed by atoms with van der Waals surface area (Å²) in [5, 5.41) is 132. The molecule has 13 nitrogen and oxygen atoms in total. The SMILES string of the molecule is C\C(O)=C(O)/C(O)=C(O)\C(=C(/C)O)c1ccc2cc3c(cc2c1)oc1cccc(-c2c4c(c(-c5c(O)c(O)c6c(O)c(O)c(O)c(O)c6c5O)c5ccccc25)C=CCC=C4)c13. The van der Waals surface area contributed by atoms with E-state index in [1.54, 1.807) is 36.4 Å². The molecule has 7 aromatic carbocycles. The van der Waals surface area contributed by atoms with Gasteiger partial charge in [0, 0.05) is 16.3 Å². The van der Waals surface area contributed by atoms with E-state index < -0.39 is 74.1 Å². The Bertz CT molecular complexity index is 3460. The highest BCUT2D eigenvalue weighted by Crippen LogP contribution is 2.61. The predicted octanol–water partition coefficient (Wildman–Crippen LogP) is 11.7. The minimum atomic E-state index is -1.16. The second kappa shape index (κ2) is 14.0. The first-order valence-corrected chi connectivity index (χ1v) is 19.1. The van der Waals surface area contributed by atoms with Gasteiger partial charge in [-0.25, -0.2) is 0 Å². The van der Waals surface area contributed by atoms with E-state index >= 15 is 0 Å². The molecule has 1 heterocycles. The number of fused-ring (bicyclic) bond motifs is 7. The zero-order valence-electron chi connectivity index (χ0n) is 32.7. The van der Waals surface area contributed by atoms with Crippen LogP contribution in [-0.2, 0) is 0 Å². The summed E-state index contributed by atoms with van der Waals surface area (Å²) in [6, 6.07) is 21.6. The summed E-state index contributed by atoms with van der Waals surface area (Å²) in [5.74, 6) is -10.8. The second-order valence-corrected chi connectivity index (χ2v) is 15.0. The number of hydrogen-bond donors (Lipinski definition) is 12. The Morgan fingerprint density at radius 3 is 1.73 bits per heavy atom. The first kappa shape index (κ1) is 38.9. The maximum atomic E-state index is 11.9. The fraction of sp³-hybridized carbons (Fsp3) is 0.0612. The van der Waals surface area contributed by atoms with Crippen LogP contribution in [0.1, 0.15) is 37.0 Å². The van der Waals surface area contributed by atoms with Gasteiger partial charge in [-0.05, 0) is 93.9 Å². The number of benzene rings is 7. The molecule has 13 heteroatoms. The number of aromatic hydroxyl groups is 7. The Labute approximate surface area is 350 Å². The van der Waals surface area contributed by atoms with Crippen LogP contribution in [0.2, 0.25) is 0 Å². The van der Waals surface area contributed by atoms with E-state index in [2.05, 4.69) is 0 Å². The van der Waals surface area contributed by atoms with Crippen LogP contribution in [0.5, 0.6) is 40.2 Å². The largest absolute Gasteiger partial charge is 0.512 e. The number of aliphatic hydroxyl groups excluding tert-OH is 5. The third-order valence-electron chi connectivity index (χ3n) is 11.4.